The van der Waals surface area contributed by atoms with Gasteiger partial charge in [0.1, 0.15) is 0 Å². The molecule has 29 heavy (non-hydrogen) atoms. The van der Waals surface area contributed by atoms with E-state index in [0.717, 1.165) is 60.4 Å². The summed E-state index contributed by atoms with van der Waals surface area (Å²) in [6, 6.07) is 7.92. The highest BCUT2D eigenvalue weighted by Gasteiger charge is 2.24. The zero-order valence-electron chi connectivity index (χ0n) is 19.6. The number of nitrogens with zero attached hydrogens (tertiary/aromatic N) is 2. The summed E-state index contributed by atoms with van der Waals surface area (Å²) < 4.78 is 0. The Kier molecular flexibility index (Phi) is 10.3. The lowest BCUT2D eigenvalue weighted by atomic mass is 9.97. The summed E-state index contributed by atoms with van der Waals surface area (Å²) in [7, 11) is 0. The van der Waals surface area contributed by atoms with Crippen LogP contribution in [-0.2, 0) is 6.54 Å². The Labute approximate surface area is 177 Å². The van der Waals surface area contributed by atoms with Crippen molar-refractivity contribution in [1.29, 1.82) is 0 Å². The summed E-state index contributed by atoms with van der Waals surface area (Å²) in [5.41, 5.74) is 3.36. The molecule has 1 amide bonds. The number of piperazine rings is 1. The number of hydrogen-bond donors (Lipinski definition) is 2. The number of aromatic nitrogens is 1. The van der Waals surface area contributed by atoms with Gasteiger partial charge in [-0.1, -0.05) is 45.9 Å². The van der Waals surface area contributed by atoms with Crippen molar-refractivity contribution >= 4 is 16.8 Å². The van der Waals surface area contributed by atoms with Crippen LogP contribution in [0.25, 0.3) is 10.9 Å². The zero-order valence-corrected chi connectivity index (χ0v) is 19.6. The van der Waals surface area contributed by atoms with Crippen LogP contribution in [-0.4, -0.2) is 47.5 Å². The fraction of sp³-hybridized carbons (Fsp3) is 0.583. The van der Waals surface area contributed by atoms with Gasteiger partial charge in [-0.25, -0.2) is 0 Å². The third kappa shape index (κ3) is 7.09. The number of rotatable bonds is 3. The van der Waals surface area contributed by atoms with Gasteiger partial charge in [-0.05, 0) is 33.8 Å². The van der Waals surface area contributed by atoms with Gasteiger partial charge in [0.25, 0.3) is 5.91 Å². The molecule has 1 fully saturated rings. The second kappa shape index (κ2) is 11.9. The molecule has 5 nitrogen and oxygen atoms in total. The highest BCUT2D eigenvalue weighted by Crippen LogP contribution is 2.25. The van der Waals surface area contributed by atoms with E-state index in [1.807, 2.05) is 79.7 Å². The molecule has 5 heteroatoms. The van der Waals surface area contributed by atoms with Crippen LogP contribution in [0.15, 0.2) is 24.3 Å². The normalized spacial score (nSPS) is 14.3. The van der Waals surface area contributed by atoms with Gasteiger partial charge in [-0.2, -0.15) is 0 Å². The average Bonchev–Trinajstić information content (AvgIpc) is 2.71. The van der Waals surface area contributed by atoms with Crippen LogP contribution in [0, 0.1) is 6.92 Å². The summed E-state index contributed by atoms with van der Waals surface area (Å²) in [6.07, 6.45) is 0. The molecule has 2 N–H and O–H groups in total. The van der Waals surface area contributed by atoms with E-state index in [0.29, 0.717) is 0 Å². The summed E-state index contributed by atoms with van der Waals surface area (Å²) in [5, 5.41) is 7.44. The third-order valence-corrected chi connectivity index (χ3v) is 4.51. The van der Waals surface area contributed by atoms with Gasteiger partial charge in [-0.15, -0.1) is 0 Å². The van der Waals surface area contributed by atoms with Crippen molar-refractivity contribution in [2.75, 3.05) is 26.2 Å². The number of aryl methyl sites for hydroxylation is 1. The smallest absolute Gasteiger partial charge is 0.252 e. The number of pyridine rings is 1. The Bertz CT molecular complexity index is 774. The highest BCUT2D eigenvalue weighted by atomic mass is 16.1. The Balaban J connectivity index is 0.000000989. The van der Waals surface area contributed by atoms with Crippen LogP contribution in [0.3, 0.4) is 0 Å². The molecule has 162 valence electrons. The largest absolute Gasteiger partial charge is 0.347 e. The fourth-order valence-corrected chi connectivity index (χ4v) is 3.32. The van der Waals surface area contributed by atoms with Crippen LogP contribution in [0.4, 0.5) is 0 Å². The first kappa shape index (κ1) is 25.1. The van der Waals surface area contributed by atoms with Crippen LogP contribution in [0.2, 0.25) is 0 Å². The molecule has 0 bridgehead atoms. The molecular weight excluding hydrogens is 360 g/mol. The molecule has 1 aromatic carbocycles. The van der Waals surface area contributed by atoms with Crippen LogP contribution in [0.5, 0.6) is 0 Å². The number of carbonyl (C=O) groups is 1. The lowest BCUT2D eigenvalue weighted by Gasteiger charge is -2.29. The van der Waals surface area contributed by atoms with Crippen molar-refractivity contribution in [3.05, 3.63) is 41.1 Å². The fourth-order valence-electron chi connectivity index (χ4n) is 3.32. The van der Waals surface area contributed by atoms with E-state index >= 15 is 0 Å². The molecule has 1 aliphatic heterocycles. The Morgan fingerprint density at radius 1 is 1.10 bits per heavy atom. The number of hydrogen-bond acceptors (Lipinski definition) is 4. The summed E-state index contributed by atoms with van der Waals surface area (Å²) in [6.45, 7) is 20.8. The minimum Gasteiger partial charge on any atom is -0.347 e. The average molecular weight is 401 g/mol. The maximum absolute atomic E-state index is 13.1. The van der Waals surface area contributed by atoms with Crippen molar-refractivity contribution in [2.45, 2.75) is 67.5 Å². The molecule has 2 aromatic rings. The Hall–Kier alpha value is -1.98. The molecule has 1 saturated heterocycles. The maximum atomic E-state index is 13.1. The number of nitrogens with one attached hydrogen (secondary N) is 2. The number of benzene rings is 1. The topological polar surface area (TPSA) is 57.3 Å². The molecule has 0 atom stereocenters. The van der Waals surface area contributed by atoms with Gasteiger partial charge in [0.2, 0.25) is 0 Å². The minimum absolute atomic E-state index is 0.0145. The number of fused-ring (bicyclic) bond motifs is 1. The summed E-state index contributed by atoms with van der Waals surface area (Å²) >= 11 is 0. The van der Waals surface area contributed by atoms with Crippen molar-refractivity contribution in [3.63, 3.8) is 0 Å². The van der Waals surface area contributed by atoms with Gasteiger partial charge < -0.3 is 10.6 Å². The van der Waals surface area contributed by atoms with Gasteiger partial charge in [-0.3, -0.25) is 14.7 Å². The first-order chi connectivity index (χ1) is 13.8. The minimum atomic E-state index is -0.276. The standard InChI is InChI=1S/C20H28N4O.2C2H6/c1-14-16(13-24-11-9-21-10-12-24)18(19(25)23-20(2,3)4)15-7-5-6-8-17(15)22-14;2*1-2/h5-8,21H,9-13H2,1-4H3,(H,23,25);2*1-2H3. The molecule has 0 aliphatic carbocycles. The molecule has 0 saturated carbocycles. The maximum Gasteiger partial charge on any atom is 0.252 e. The molecular formula is C24H40N4O. The van der Waals surface area contributed by atoms with Gasteiger partial charge >= 0.3 is 0 Å². The highest BCUT2D eigenvalue weighted by molar-refractivity contribution is 6.07. The van der Waals surface area contributed by atoms with Crippen LogP contribution < -0.4 is 10.6 Å². The Morgan fingerprint density at radius 2 is 1.69 bits per heavy atom. The Morgan fingerprint density at radius 3 is 2.28 bits per heavy atom. The van der Waals surface area contributed by atoms with E-state index in [4.69, 9.17) is 4.98 Å². The predicted octanol–water partition coefficient (Wildman–Crippen LogP) is 4.53. The molecule has 2 heterocycles. The van der Waals surface area contributed by atoms with E-state index in [-0.39, 0.29) is 11.4 Å². The van der Waals surface area contributed by atoms with Crippen LogP contribution in [0.1, 0.15) is 70.1 Å². The van der Waals surface area contributed by atoms with Crippen molar-refractivity contribution in [1.82, 2.24) is 20.5 Å². The second-order valence-electron chi connectivity index (χ2n) is 7.80. The predicted molar refractivity (Wildman–Crippen MR) is 125 cm³/mol. The molecule has 0 radical (unpaired) electrons. The monoisotopic (exact) mass is 400 g/mol. The summed E-state index contributed by atoms with van der Waals surface area (Å²) in [5.74, 6) is -0.0145. The zero-order chi connectivity index (χ0) is 22.0. The van der Waals surface area contributed by atoms with E-state index in [1.54, 1.807) is 0 Å². The quantitative estimate of drug-likeness (QED) is 0.795. The molecule has 0 spiro atoms. The van der Waals surface area contributed by atoms with Crippen LogP contribution >= 0.6 is 0 Å². The first-order valence-corrected chi connectivity index (χ1v) is 11.0. The van der Waals surface area contributed by atoms with Crippen molar-refractivity contribution in [3.8, 4) is 0 Å². The van der Waals surface area contributed by atoms with E-state index in [1.165, 1.54) is 0 Å². The van der Waals surface area contributed by atoms with E-state index in [2.05, 4.69) is 15.5 Å². The molecule has 1 aliphatic rings. The van der Waals surface area contributed by atoms with Gasteiger partial charge in [0.15, 0.2) is 0 Å². The molecule has 1 aromatic heterocycles. The molecule has 3 rings (SSSR count). The summed E-state index contributed by atoms with van der Waals surface area (Å²) in [4.78, 5) is 20.3. The number of carbonyl (C=O) groups excluding carboxylic acids is 1. The number of amides is 1. The molecule has 0 unspecified atom stereocenters. The van der Waals surface area contributed by atoms with Gasteiger partial charge in [0.05, 0.1) is 11.1 Å². The van der Waals surface area contributed by atoms with E-state index < -0.39 is 0 Å². The lowest BCUT2D eigenvalue weighted by Crippen LogP contribution is -2.44. The first-order valence-electron chi connectivity index (χ1n) is 11.0. The van der Waals surface area contributed by atoms with Crippen molar-refractivity contribution in [2.24, 2.45) is 0 Å². The number of para-hydroxylation sites is 1. The van der Waals surface area contributed by atoms with Gasteiger partial charge in [0, 0.05) is 54.9 Å². The lowest BCUT2D eigenvalue weighted by molar-refractivity contribution is 0.0918. The van der Waals surface area contributed by atoms with Crippen molar-refractivity contribution < 1.29 is 4.79 Å². The third-order valence-electron chi connectivity index (χ3n) is 4.51. The SMILES string of the molecule is CC.CC.Cc1nc2ccccc2c(C(=O)NC(C)(C)C)c1CN1CCNCC1. The second-order valence-corrected chi connectivity index (χ2v) is 7.80. The van der Waals surface area contributed by atoms with E-state index in [9.17, 15) is 4.79 Å².